The molecule has 0 radical (unpaired) electrons. The topological polar surface area (TPSA) is 56.8 Å². The maximum atomic E-state index is 12.4. The first kappa shape index (κ1) is 14.5. The number of hydrogen-bond acceptors (Lipinski definition) is 4. The van der Waals surface area contributed by atoms with Crippen LogP contribution in [0.15, 0.2) is 29.3 Å². The summed E-state index contributed by atoms with van der Waals surface area (Å²) in [5.74, 6) is 0.390. The molecule has 4 nitrogen and oxygen atoms in total. The molecule has 110 valence electrons. The molecule has 1 aliphatic heterocycles. The molecule has 2 N–H and O–H groups in total. The molecular weight excluding hydrogens is 273 g/mol. The molecule has 0 unspecified atom stereocenters. The monoisotopic (exact) mass is 288 g/mol. The van der Waals surface area contributed by atoms with Crippen molar-refractivity contribution in [2.75, 3.05) is 6.61 Å². The molecular formula is C13H15F3N2O2. The SMILES string of the molecule is C[C@@H](C[C@@H]1COC(N)=N1)Oc1ccc(C(F)(F)F)cc1. The molecule has 2 atom stereocenters. The number of amidine groups is 1. The third-order valence-corrected chi connectivity index (χ3v) is 2.86. The van der Waals surface area contributed by atoms with Gasteiger partial charge in [0, 0.05) is 6.42 Å². The quantitative estimate of drug-likeness (QED) is 0.926. The third-order valence-electron chi connectivity index (χ3n) is 2.86. The number of alkyl halides is 3. The molecule has 20 heavy (non-hydrogen) atoms. The molecule has 0 fully saturated rings. The zero-order valence-corrected chi connectivity index (χ0v) is 10.9. The van der Waals surface area contributed by atoms with Crippen molar-refractivity contribution in [3.05, 3.63) is 29.8 Å². The third kappa shape index (κ3) is 3.79. The van der Waals surface area contributed by atoms with E-state index in [2.05, 4.69) is 4.99 Å². The van der Waals surface area contributed by atoms with E-state index in [-0.39, 0.29) is 18.2 Å². The van der Waals surface area contributed by atoms with Gasteiger partial charge < -0.3 is 15.2 Å². The molecule has 1 aliphatic rings. The Morgan fingerprint density at radius 2 is 2.05 bits per heavy atom. The van der Waals surface area contributed by atoms with Crippen LogP contribution in [-0.2, 0) is 10.9 Å². The second kappa shape index (κ2) is 5.60. The van der Waals surface area contributed by atoms with Gasteiger partial charge in [0.05, 0.1) is 17.7 Å². The van der Waals surface area contributed by atoms with Crippen LogP contribution in [0.1, 0.15) is 18.9 Å². The largest absolute Gasteiger partial charge is 0.491 e. The van der Waals surface area contributed by atoms with Gasteiger partial charge in [-0.2, -0.15) is 13.2 Å². The predicted octanol–water partition coefficient (Wildman–Crippen LogP) is 2.58. The van der Waals surface area contributed by atoms with E-state index in [4.69, 9.17) is 15.2 Å². The summed E-state index contributed by atoms with van der Waals surface area (Å²) in [7, 11) is 0. The van der Waals surface area contributed by atoms with Gasteiger partial charge in [-0.25, -0.2) is 4.99 Å². The molecule has 2 rings (SSSR count). The highest BCUT2D eigenvalue weighted by molar-refractivity contribution is 5.73. The van der Waals surface area contributed by atoms with Gasteiger partial charge in [-0.15, -0.1) is 0 Å². The summed E-state index contributed by atoms with van der Waals surface area (Å²) in [5.41, 5.74) is 4.70. The summed E-state index contributed by atoms with van der Waals surface area (Å²) < 4.78 is 47.8. The maximum absolute atomic E-state index is 12.4. The van der Waals surface area contributed by atoms with Crippen molar-refractivity contribution in [1.29, 1.82) is 0 Å². The van der Waals surface area contributed by atoms with Crippen LogP contribution in [0.25, 0.3) is 0 Å². The van der Waals surface area contributed by atoms with E-state index in [1.807, 2.05) is 6.92 Å². The number of rotatable bonds is 4. The Balaban J connectivity index is 1.90. The molecule has 1 heterocycles. The summed E-state index contributed by atoms with van der Waals surface area (Å²) in [6.07, 6.45) is -3.95. The van der Waals surface area contributed by atoms with Crippen LogP contribution in [0.5, 0.6) is 5.75 Å². The van der Waals surface area contributed by atoms with Crippen molar-refractivity contribution in [3.63, 3.8) is 0 Å². The smallest absolute Gasteiger partial charge is 0.416 e. The van der Waals surface area contributed by atoms with E-state index in [1.165, 1.54) is 12.1 Å². The van der Waals surface area contributed by atoms with Gasteiger partial charge in [-0.1, -0.05) is 0 Å². The standard InChI is InChI=1S/C13H15F3N2O2/c1-8(6-10-7-19-12(17)18-10)20-11-4-2-9(3-5-11)13(14,15)16/h2-5,8,10H,6-7H2,1H3,(H2,17,18)/t8-,10+/m0/s1. The van der Waals surface area contributed by atoms with Gasteiger partial charge in [0.25, 0.3) is 6.02 Å². The number of ether oxygens (including phenoxy) is 2. The normalized spacial score (nSPS) is 20.2. The fraction of sp³-hybridized carbons (Fsp3) is 0.462. The van der Waals surface area contributed by atoms with E-state index in [0.717, 1.165) is 12.1 Å². The van der Waals surface area contributed by atoms with Crippen LogP contribution in [0.3, 0.4) is 0 Å². The molecule has 1 aromatic carbocycles. The Morgan fingerprint density at radius 3 is 2.55 bits per heavy atom. The van der Waals surface area contributed by atoms with Crippen LogP contribution in [0.4, 0.5) is 13.2 Å². The minimum Gasteiger partial charge on any atom is -0.491 e. The van der Waals surface area contributed by atoms with Crippen LogP contribution >= 0.6 is 0 Å². The van der Waals surface area contributed by atoms with Gasteiger partial charge in [-0.05, 0) is 31.2 Å². The van der Waals surface area contributed by atoms with E-state index in [0.29, 0.717) is 18.8 Å². The second-order valence-corrected chi connectivity index (χ2v) is 4.62. The number of halogens is 3. The zero-order valence-electron chi connectivity index (χ0n) is 10.9. The number of nitrogens with two attached hydrogens (primary N) is 1. The van der Waals surface area contributed by atoms with Gasteiger partial charge in [0.1, 0.15) is 12.4 Å². The summed E-state index contributed by atoms with van der Waals surface area (Å²) in [6.45, 7) is 2.23. The Morgan fingerprint density at radius 1 is 1.40 bits per heavy atom. The lowest BCUT2D eigenvalue weighted by molar-refractivity contribution is -0.137. The average Bonchev–Trinajstić information content (AvgIpc) is 2.74. The molecule has 0 bridgehead atoms. The first-order valence-corrected chi connectivity index (χ1v) is 6.14. The van der Waals surface area contributed by atoms with Crippen molar-refractivity contribution in [2.24, 2.45) is 10.7 Å². The lowest BCUT2D eigenvalue weighted by Crippen LogP contribution is -2.20. The molecule has 0 aromatic heterocycles. The molecule has 0 saturated carbocycles. The minimum absolute atomic E-state index is 0.0700. The first-order chi connectivity index (χ1) is 9.34. The van der Waals surface area contributed by atoms with Gasteiger partial charge >= 0.3 is 6.18 Å². The van der Waals surface area contributed by atoms with Crippen molar-refractivity contribution < 1.29 is 22.6 Å². The van der Waals surface area contributed by atoms with Crippen molar-refractivity contribution >= 4 is 6.02 Å². The summed E-state index contributed by atoms with van der Waals surface area (Å²) in [6, 6.07) is 4.70. The molecule has 0 saturated heterocycles. The van der Waals surface area contributed by atoms with E-state index in [1.54, 1.807) is 0 Å². The highest BCUT2D eigenvalue weighted by Crippen LogP contribution is 2.30. The van der Waals surface area contributed by atoms with Gasteiger partial charge in [-0.3, -0.25) is 0 Å². The Kier molecular flexibility index (Phi) is 4.06. The lowest BCUT2D eigenvalue weighted by Gasteiger charge is -2.16. The predicted molar refractivity (Wildman–Crippen MR) is 67.5 cm³/mol. The molecule has 7 heteroatoms. The van der Waals surface area contributed by atoms with E-state index < -0.39 is 11.7 Å². The molecule has 0 aliphatic carbocycles. The van der Waals surface area contributed by atoms with Crippen LogP contribution in [0.2, 0.25) is 0 Å². The van der Waals surface area contributed by atoms with Crippen LogP contribution < -0.4 is 10.5 Å². The van der Waals surface area contributed by atoms with Gasteiger partial charge in [0.15, 0.2) is 0 Å². The van der Waals surface area contributed by atoms with E-state index >= 15 is 0 Å². The van der Waals surface area contributed by atoms with Crippen LogP contribution in [0, 0.1) is 0 Å². The maximum Gasteiger partial charge on any atom is 0.416 e. The fourth-order valence-corrected chi connectivity index (χ4v) is 1.94. The average molecular weight is 288 g/mol. The van der Waals surface area contributed by atoms with E-state index in [9.17, 15) is 13.2 Å². The van der Waals surface area contributed by atoms with Crippen LogP contribution in [-0.4, -0.2) is 24.8 Å². The molecule has 0 spiro atoms. The number of benzene rings is 1. The van der Waals surface area contributed by atoms with Crippen molar-refractivity contribution in [1.82, 2.24) is 0 Å². The number of hydrogen-bond donors (Lipinski definition) is 1. The van der Waals surface area contributed by atoms with Crippen molar-refractivity contribution in [3.8, 4) is 5.75 Å². The first-order valence-electron chi connectivity index (χ1n) is 6.14. The van der Waals surface area contributed by atoms with Crippen molar-refractivity contribution in [2.45, 2.75) is 31.7 Å². The Hall–Kier alpha value is -1.92. The highest BCUT2D eigenvalue weighted by Gasteiger charge is 2.30. The summed E-state index contributed by atoms with van der Waals surface area (Å²) in [5, 5.41) is 0. The number of nitrogens with zero attached hydrogens (tertiary/aromatic N) is 1. The van der Waals surface area contributed by atoms with Gasteiger partial charge in [0.2, 0.25) is 0 Å². The summed E-state index contributed by atoms with van der Waals surface area (Å²) in [4.78, 5) is 4.06. The fourth-order valence-electron chi connectivity index (χ4n) is 1.94. The number of aliphatic imine (C=N–C) groups is 1. The highest BCUT2D eigenvalue weighted by atomic mass is 19.4. The Bertz CT molecular complexity index is 485. The minimum atomic E-state index is -4.34. The Labute approximate surface area is 114 Å². The molecule has 1 aromatic rings. The second-order valence-electron chi connectivity index (χ2n) is 4.62. The summed E-state index contributed by atoms with van der Waals surface area (Å²) >= 11 is 0. The molecule has 0 amide bonds. The zero-order chi connectivity index (χ0) is 14.8. The lowest BCUT2D eigenvalue weighted by atomic mass is 10.1.